The minimum absolute atomic E-state index is 0.0539. The molecule has 2 aromatic rings. The Kier molecular flexibility index (Phi) is 7.53. The van der Waals surface area contributed by atoms with E-state index >= 15 is 0 Å². The summed E-state index contributed by atoms with van der Waals surface area (Å²) >= 11 is 0. The van der Waals surface area contributed by atoms with Crippen molar-refractivity contribution in [3.8, 4) is 11.5 Å². The molecule has 2 aromatic carbocycles. The van der Waals surface area contributed by atoms with Crippen LogP contribution in [-0.4, -0.2) is 55.2 Å². The van der Waals surface area contributed by atoms with Crippen molar-refractivity contribution >= 4 is 17.4 Å². The van der Waals surface area contributed by atoms with Gasteiger partial charge in [-0.15, -0.1) is 0 Å². The van der Waals surface area contributed by atoms with Crippen LogP contribution in [-0.2, 0) is 14.3 Å². The first-order valence-electron chi connectivity index (χ1n) is 10.6. The molecule has 3 rings (SSSR count). The van der Waals surface area contributed by atoms with Gasteiger partial charge in [-0.3, -0.25) is 9.59 Å². The van der Waals surface area contributed by atoms with Crippen molar-refractivity contribution in [2.24, 2.45) is 0 Å². The second-order valence-corrected chi connectivity index (χ2v) is 7.75. The molecule has 1 saturated heterocycles. The van der Waals surface area contributed by atoms with Gasteiger partial charge in [0.25, 0.3) is 11.7 Å². The average molecular weight is 440 g/mol. The molecule has 0 saturated carbocycles. The van der Waals surface area contributed by atoms with Crippen LogP contribution in [0.5, 0.6) is 11.5 Å². The number of carbonyl (C=O) groups excluding carboxylic acids is 2. The molecule has 1 atom stereocenters. The number of rotatable bonds is 9. The van der Waals surface area contributed by atoms with Crippen LogP contribution in [0.3, 0.4) is 0 Å². The summed E-state index contributed by atoms with van der Waals surface area (Å²) in [7, 11) is 3.06. The van der Waals surface area contributed by atoms with Crippen LogP contribution < -0.4 is 9.47 Å². The molecule has 0 aliphatic carbocycles. The maximum atomic E-state index is 13.0. The van der Waals surface area contributed by atoms with Crippen LogP contribution in [0.4, 0.5) is 0 Å². The van der Waals surface area contributed by atoms with Crippen LogP contribution in [0.1, 0.15) is 37.4 Å². The largest absolute Gasteiger partial charge is 0.507 e. The lowest BCUT2D eigenvalue weighted by Crippen LogP contribution is -2.31. The van der Waals surface area contributed by atoms with E-state index in [1.165, 1.54) is 19.1 Å². The van der Waals surface area contributed by atoms with Gasteiger partial charge in [-0.25, -0.2) is 0 Å². The number of methoxy groups -OCH3 is 2. The van der Waals surface area contributed by atoms with Gasteiger partial charge >= 0.3 is 0 Å². The van der Waals surface area contributed by atoms with Crippen molar-refractivity contribution < 1.29 is 28.9 Å². The SMILES string of the molecule is COc1ccc([C@@H]2C(=C(O)c3ccccc3)C(=O)C(=O)N2CCCOC(C)C)cc1OC. The van der Waals surface area contributed by atoms with Gasteiger partial charge in [0.05, 0.1) is 31.9 Å². The number of aliphatic hydroxyl groups excluding tert-OH is 1. The van der Waals surface area contributed by atoms with E-state index in [4.69, 9.17) is 14.2 Å². The number of ketones is 1. The van der Waals surface area contributed by atoms with E-state index in [2.05, 4.69) is 0 Å². The standard InChI is InChI=1S/C25H29NO6/c1-16(2)32-14-8-13-26-22(18-11-12-19(30-3)20(15-18)31-4)21(24(28)25(26)29)23(27)17-9-6-5-7-10-17/h5-7,9-12,15-16,22,27H,8,13-14H2,1-4H3/t22-/m1/s1. The molecule has 0 radical (unpaired) electrons. The number of aliphatic hydroxyl groups is 1. The van der Waals surface area contributed by atoms with Crippen LogP contribution >= 0.6 is 0 Å². The third-order valence-electron chi connectivity index (χ3n) is 5.31. The van der Waals surface area contributed by atoms with E-state index in [0.29, 0.717) is 42.2 Å². The van der Waals surface area contributed by atoms with Crippen molar-refractivity contribution in [1.29, 1.82) is 0 Å². The van der Waals surface area contributed by atoms with Crippen LogP contribution in [0, 0.1) is 0 Å². The fraction of sp³-hybridized carbons (Fsp3) is 0.360. The molecule has 7 nitrogen and oxygen atoms in total. The zero-order valence-corrected chi connectivity index (χ0v) is 18.8. The molecule has 0 bridgehead atoms. The lowest BCUT2D eigenvalue weighted by Gasteiger charge is -2.26. The Morgan fingerprint density at radius 2 is 1.72 bits per heavy atom. The third kappa shape index (κ3) is 4.78. The number of likely N-dealkylation sites (tertiary alicyclic amines) is 1. The van der Waals surface area contributed by atoms with Crippen molar-refractivity contribution in [2.45, 2.75) is 32.4 Å². The summed E-state index contributed by atoms with van der Waals surface area (Å²) in [5.74, 6) is -0.563. The lowest BCUT2D eigenvalue weighted by molar-refractivity contribution is -0.140. The molecule has 7 heteroatoms. The van der Waals surface area contributed by atoms with Gasteiger partial charge in [0.15, 0.2) is 11.5 Å². The highest BCUT2D eigenvalue weighted by Crippen LogP contribution is 2.41. The Hall–Kier alpha value is -3.32. The third-order valence-corrected chi connectivity index (χ3v) is 5.31. The predicted molar refractivity (Wildman–Crippen MR) is 121 cm³/mol. The van der Waals surface area contributed by atoms with Gasteiger partial charge in [-0.1, -0.05) is 36.4 Å². The first-order valence-corrected chi connectivity index (χ1v) is 10.6. The van der Waals surface area contributed by atoms with Crippen molar-refractivity contribution in [3.63, 3.8) is 0 Å². The van der Waals surface area contributed by atoms with Crippen LogP contribution in [0.25, 0.3) is 5.76 Å². The average Bonchev–Trinajstić information content (AvgIpc) is 3.06. The first kappa shape index (κ1) is 23.3. The second-order valence-electron chi connectivity index (χ2n) is 7.75. The molecular formula is C25H29NO6. The predicted octanol–water partition coefficient (Wildman–Crippen LogP) is 3.94. The summed E-state index contributed by atoms with van der Waals surface area (Å²) in [6.45, 7) is 4.64. The number of amides is 1. The summed E-state index contributed by atoms with van der Waals surface area (Å²) in [5, 5.41) is 11.0. The summed E-state index contributed by atoms with van der Waals surface area (Å²) < 4.78 is 16.3. The van der Waals surface area contributed by atoms with Crippen molar-refractivity contribution in [2.75, 3.05) is 27.4 Å². The van der Waals surface area contributed by atoms with E-state index in [9.17, 15) is 14.7 Å². The van der Waals surface area contributed by atoms with E-state index in [1.807, 2.05) is 19.9 Å². The molecule has 170 valence electrons. The van der Waals surface area contributed by atoms with Crippen molar-refractivity contribution in [3.05, 3.63) is 65.2 Å². The summed E-state index contributed by atoms with van der Waals surface area (Å²) in [6, 6.07) is 13.2. The van der Waals surface area contributed by atoms with Gasteiger partial charge in [-0.05, 0) is 38.0 Å². The Balaban J connectivity index is 2.07. The monoisotopic (exact) mass is 439 g/mol. The van der Waals surface area contributed by atoms with Gasteiger partial charge < -0.3 is 24.2 Å². The maximum Gasteiger partial charge on any atom is 0.295 e. The van der Waals surface area contributed by atoms with Crippen LogP contribution in [0.2, 0.25) is 0 Å². The molecule has 1 aliphatic heterocycles. The van der Waals surface area contributed by atoms with Crippen LogP contribution in [0.15, 0.2) is 54.1 Å². The fourth-order valence-corrected chi connectivity index (χ4v) is 3.79. The number of nitrogens with zero attached hydrogens (tertiary/aromatic N) is 1. The number of carbonyl (C=O) groups is 2. The summed E-state index contributed by atoms with van der Waals surface area (Å²) in [4.78, 5) is 27.5. The molecular weight excluding hydrogens is 410 g/mol. The summed E-state index contributed by atoms with van der Waals surface area (Å²) in [5.41, 5.74) is 1.17. The maximum absolute atomic E-state index is 13.0. The van der Waals surface area contributed by atoms with E-state index < -0.39 is 17.7 Å². The molecule has 1 aliphatic rings. The van der Waals surface area contributed by atoms with E-state index in [1.54, 1.807) is 42.5 Å². The topological polar surface area (TPSA) is 85.3 Å². The highest BCUT2D eigenvalue weighted by Gasteiger charge is 2.46. The molecule has 1 heterocycles. The Morgan fingerprint density at radius 1 is 1.03 bits per heavy atom. The Labute approximate surface area is 188 Å². The van der Waals surface area contributed by atoms with Gasteiger partial charge in [0.2, 0.25) is 0 Å². The molecule has 0 unspecified atom stereocenters. The molecule has 0 spiro atoms. The molecule has 1 N–H and O–H groups in total. The molecule has 0 aromatic heterocycles. The normalized spacial score (nSPS) is 17.8. The molecule has 1 fully saturated rings. The van der Waals surface area contributed by atoms with Crippen molar-refractivity contribution in [1.82, 2.24) is 4.90 Å². The zero-order chi connectivity index (χ0) is 23.3. The number of hydrogen-bond acceptors (Lipinski definition) is 6. The smallest absolute Gasteiger partial charge is 0.295 e. The minimum atomic E-state index is -0.755. The molecule has 32 heavy (non-hydrogen) atoms. The molecule has 1 amide bonds. The summed E-state index contributed by atoms with van der Waals surface area (Å²) in [6.07, 6.45) is 0.630. The lowest BCUT2D eigenvalue weighted by atomic mass is 9.95. The number of ether oxygens (including phenoxy) is 3. The zero-order valence-electron chi connectivity index (χ0n) is 18.8. The quantitative estimate of drug-likeness (QED) is 0.276. The number of Topliss-reactive ketones (excluding diaryl/α,β-unsaturated/α-hetero) is 1. The number of hydrogen-bond donors (Lipinski definition) is 1. The van der Waals surface area contributed by atoms with E-state index in [0.717, 1.165) is 0 Å². The van der Waals surface area contributed by atoms with Gasteiger partial charge in [0.1, 0.15) is 5.76 Å². The second kappa shape index (κ2) is 10.3. The fourth-order valence-electron chi connectivity index (χ4n) is 3.79. The Bertz CT molecular complexity index is 999. The van der Waals surface area contributed by atoms with E-state index in [-0.39, 0.29) is 17.4 Å². The van der Waals surface area contributed by atoms with Gasteiger partial charge in [-0.2, -0.15) is 0 Å². The highest BCUT2D eigenvalue weighted by molar-refractivity contribution is 6.46. The first-order chi connectivity index (χ1) is 15.4. The van der Waals surface area contributed by atoms with Gasteiger partial charge in [0, 0.05) is 18.7 Å². The minimum Gasteiger partial charge on any atom is -0.507 e. The number of benzene rings is 2. The highest BCUT2D eigenvalue weighted by atomic mass is 16.5. The Morgan fingerprint density at radius 3 is 2.34 bits per heavy atom.